The number of alkyl halides is 3. The first-order valence-corrected chi connectivity index (χ1v) is 6.91. The Morgan fingerprint density at radius 2 is 2.00 bits per heavy atom. The van der Waals surface area contributed by atoms with Crippen LogP contribution in [0.1, 0.15) is 30.7 Å². The van der Waals surface area contributed by atoms with Crippen molar-refractivity contribution in [1.29, 1.82) is 0 Å². The first-order valence-electron chi connectivity index (χ1n) is 6.91. The highest BCUT2D eigenvalue weighted by Gasteiger charge is 2.30. The van der Waals surface area contributed by atoms with E-state index in [-0.39, 0.29) is 0 Å². The summed E-state index contributed by atoms with van der Waals surface area (Å²) in [6.07, 6.45) is -1.93. The molecule has 0 unspecified atom stereocenters. The molecule has 0 saturated heterocycles. The van der Waals surface area contributed by atoms with Crippen molar-refractivity contribution >= 4 is 0 Å². The van der Waals surface area contributed by atoms with E-state index in [0.29, 0.717) is 18.7 Å². The molecule has 0 radical (unpaired) electrons. The number of hydrogen-bond acceptors (Lipinski definition) is 2. The smallest absolute Gasteiger partial charge is 0.313 e. The van der Waals surface area contributed by atoms with Crippen molar-refractivity contribution in [1.82, 2.24) is 15.1 Å². The van der Waals surface area contributed by atoms with Crippen molar-refractivity contribution in [2.75, 3.05) is 6.54 Å². The van der Waals surface area contributed by atoms with E-state index in [1.165, 1.54) is 6.07 Å². The van der Waals surface area contributed by atoms with Gasteiger partial charge in [-0.25, -0.2) is 4.68 Å². The molecule has 114 valence electrons. The molecule has 1 N–H and O–H groups in total. The van der Waals surface area contributed by atoms with E-state index in [2.05, 4.69) is 10.4 Å². The lowest BCUT2D eigenvalue weighted by molar-refractivity contribution is -0.137. The van der Waals surface area contributed by atoms with E-state index in [4.69, 9.17) is 0 Å². The molecule has 0 fully saturated rings. The van der Waals surface area contributed by atoms with E-state index < -0.39 is 11.7 Å². The average molecular weight is 297 g/mol. The molecule has 1 aromatic heterocycles. The first-order chi connectivity index (χ1) is 9.97. The molecular weight excluding hydrogens is 279 g/mol. The third-order valence-corrected chi connectivity index (χ3v) is 3.27. The topological polar surface area (TPSA) is 29.9 Å². The molecule has 3 nitrogen and oxygen atoms in total. The third-order valence-electron chi connectivity index (χ3n) is 3.27. The average Bonchev–Trinajstić information content (AvgIpc) is 2.87. The van der Waals surface area contributed by atoms with Gasteiger partial charge in [-0.05, 0) is 31.2 Å². The van der Waals surface area contributed by atoms with Crippen LogP contribution in [0.15, 0.2) is 30.5 Å². The molecule has 1 aromatic carbocycles. The fourth-order valence-corrected chi connectivity index (χ4v) is 2.23. The van der Waals surface area contributed by atoms with Crippen molar-refractivity contribution in [2.24, 2.45) is 0 Å². The largest absolute Gasteiger partial charge is 0.416 e. The lowest BCUT2D eigenvalue weighted by atomic mass is 10.1. The Kier molecular flexibility index (Phi) is 4.67. The van der Waals surface area contributed by atoms with Crippen LogP contribution < -0.4 is 5.32 Å². The number of nitrogens with one attached hydrogen (secondary N) is 1. The van der Waals surface area contributed by atoms with Crippen molar-refractivity contribution < 1.29 is 13.2 Å². The second-order valence-corrected chi connectivity index (χ2v) is 4.71. The Balaban J connectivity index is 2.40. The van der Waals surface area contributed by atoms with Crippen LogP contribution in [-0.4, -0.2) is 16.3 Å². The standard InChI is InChI=1S/C15H18F3N3/c1-3-14-11(9-19-4-2)10-20-21(14)13-7-5-6-12(8-13)15(16,17)18/h5-8,10,19H,3-4,9H2,1-2H3. The van der Waals surface area contributed by atoms with Crippen LogP contribution in [0, 0.1) is 0 Å². The summed E-state index contributed by atoms with van der Waals surface area (Å²) in [6.45, 7) is 5.47. The van der Waals surface area contributed by atoms with E-state index in [1.54, 1.807) is 16.9 Å². The molecule has 2 aromatic rings. The van der Waals surface area contributed by atoms with Gasteiger partial charge in [0.25, 0.3) is 0 Å². The zero-order valence-electron chi connectivity index (χ0n) is 12.0. The minimum Gasteiger partial charge on any atom is -0.313 e. The van der Waals surface area contributed by atoms with Gasteiger partial charge in [0, 0.05) is 17.8 Å². The second-order valence-electron chi connectivity index (χ2n) is 4.71. The van der Waals surface area contributed by atoms with Crippen LogP contribution in [0.3, 0.4) is 0 Å². The maximum absolute atomic E-state index is 12.8. The maximum atomic E-state index is 12.8. The van der Waals surface area contributed by atoms with Crippen LogP contribution in [0.2, 0.25) is 0 Å². The maximum Gasteiger partial charge on any atom is 0.416 e. The molecule has 1 heterocycles. The summed E-state index contributed by atoms with van der Waals surface area (Å²) in [5.74, 6) is 0. The van der Waals surface area contributed by atoms with Crippen LogP contribution in [0.5, 0.6) is 0 Å². The Morgan fingerprint density at radius 3 is 2.62 bits per heavy atom. The molecule has 6 heteroatoms. The number of halogens is 3. The Hall–Kier alpha value is -1.82. The van der Waals surface area contributed by atoms with Gasteiger partial charge in [0.2, 0.25) is 0 Å². The summed E-state index contributed by atoms with van der Waals surface area (Å²) in [5.41, 5.74) is 1.71. The van der Waals surface area contributed by atoms with Gasteiger partial charge < -0.3 is 5.32 Å². The van der Waals surface area contributed by atoms with Gasteiger partial charge >= 0.3 is 6.18 Å². The van der Waals surface area contributed by atoms with E-state index in [1.807, 2.05) is 13.8 Å². The monoisotopic (exact) mass is 297 g/mol. The Morgan fingerprint density at radius 1 is 1.24 bits per heavy atom. The SMILES string of the molecule is CCNCc1cnn(-c2cccc(C(F)(F)F)c2)c1CC. The third kappa shape index (κ3) is 3.44. The Labute approximate surface area is 121 Å². The molecular formula is C15H18F3N3. The van der Waals surface area contributed by atoms with Gasteiger partial charge in [0.15, 0.2) is 0 Å². The fourth-order valence-electron chi connectivity index (χ4n) is 2.23. The highest BCUT2D eigenvalue weighted by molar-refractivity contribution is 5.39. The summed E-state index contributed by atoms with van der Waals surface area (Å²) in [7, 11) is 0. The van der Waals surface area contributed by atoms with E-state index in [9.17, 15) is 13.2 Å². The van der Waals surface area contributed by atoms with Gasteiger partial charge in [0.05, 0.1) is 17.4 Å². The van der Waals surface area contributed by atoms with E-state index >= 15 is 0 Å². The molecule has 0 spiro atoms. The van der Waals surface area contributed by atoms with Crippen molar-refractivity contribution in [3.63, 3.8) is 0 Å². The van der Waals surface area contributed by atoms with Gasteiger partial charge in [-0.2, -0.15) is 18.3 Å². The zero-order chi connectivity index (χ0) is 15.5. The normalized spacial score (nSPS) is 11.9. The molecule has 0 bridgehead atoms. The summed E-state index contributed by atoms with van der Waals surface area (Å²) >= 11 is 0. The Bertz CT molecular complexity index is 602. The lowest BCUT2D eigenvalue weighted by Gasteiger charge is -2.11. The highest BCUT2D eigenvalue weighted by atomic mass is 19.4. The number of rotatable bonds is 5. The molecule has 0 aliphatic rings. The van der Waals surface area contributed by atoms with Crippen LogP contribution in [0.4, 0.5) is 13.2 Å². The minimum atomic E-state index is -4.35. The van der Waals surface area contributed by atoms with Gasteiger partial charge in [0.1, 0.15) is 0 Å². The summed E-state index contributed by atoms with van der Waals surface area (Å²) in [4.78, 5) is 0. The summed E-state index contributed by atoms with van der Waals surface area (Å²) in [6, 6.07) is 5.24. The molecule has 0 amide bonds. The minimum absolute atomic E-state index is 0.435. The van der Waals surface area contributed by atoms with Crippen molar-refractivity contribution in [3.8, 4) is 5.69 Å². The summed E-state index contributed by atoms with van der Waals surface area (Å²) < 4.78 is 40.0. The number of benzene rings is 1. The predicted octanol–water partition coefficient (Wildman–Crippen LogP) is 3.56. The molecule has 0 atom stereocenters. The second kappa shape index (κ2) is 6.30. The van der Waals surface area contributed by atoms with Gasteiger partial charge in [-0.1, -0.05) is 19.9 Å². The van der Waals surface area contributed by atoms with Crippen LogP contribution in [-0.2, 0) is 19.1 Å². The first kappa shape index (κ1) is 15.6. The number of hydrogen-bond donors (Lipinski definition) is 1. The number of nitrogens with zero attached hydrogens (tertiary/aromatic N) is 2. The predicted molar refractivity (Wildman–Crippen MR) is 75.3 cm³/mol. The quantitative estimate of drug-likeness (QED) is 0.914. The summed E-state index contributed by atoms with van der Waals surface area (Å²) in [5, 5.41) is 7.45. The molecule has 0 aliphatic heterocycles. The van der Waals surface area contributed by atoms with E-state index in [0.717, 1.165) is 29.9 Å². The van der Waals surface area contributed by atoms with Crippen LogP contribution in [0.25, 0.3) is 5.69 Å². The molecule has 0 aliphatic carbocycles. The molecule has 21 heavy (non-hydrogen) atoms. The molecule has 2 rings (SSSR count). The molecule has 0 saturated carbocycles. The highest BCUT2D eigenvalue weighted by Crippen LogP contribution is 2.30. The lowest BCUT2D eigenvalue weighted by Crippen LogP contribution is -2.13. The van der Waals surface area contributed by atoms with Crippen molar-refractivity contribution in [2.45, 2.75) is 33.0 Å². The zero-order valence-corrected chi connectivity index (χ0v) is 12.0. The van der Waals surface area contributed by atoms with Gasteiger partial charge in [-0.15, -0.1) is 0 Å². The fraction of sp³-hybridized carbons (Fsp3) is 0.400. The number of aromatic nitrogens is 2. The van der Waals surface area contributed by atoms with Gasteiger partial charge in [-0.3, -0.25) is 0 Å². The van der Waals surface area contributed by atoms with Crippen LogP contribution >= 0.6 is 0 Å². The van der Waals surface area contributed by atoms with Crippen molar-refractivity contribution in [3.05, 3.63) is 47.3 Å².